The minimum absolute atomic E-state index is 0.0256. The third-order valence-corrected chi connectivity index (χ3v) is 3.87. The number of hydrogen-bond acceptors (Lipinski definition) is 3. The van der Waals surface area contributed by atoms with E-state index in [2.05, 4.69) is 0 Å². The Bertz CT molecular complexity index is 564. The molecule has 5 nitrogen and oxygen atoms in total. The molecule has 2 rings (SSSR count). The molecule has 0 aromatic heterocycles. The number of likely N-dealkylation sites (tertiary alicyclic amines) is 1. The highest BCUT2D eigenvalue weighted by atomic mass is 19.4. The SMILES string of the molecule is Nc1ccc(C(=O)N2CCC(CNC(=O)C(F)(F)F)CC2)cc1. The highest BCUT2D eigenvalue weighted by Crippen LogP contribution is 2.20. The summed E-state index contributed by atoms with van der Waals surface area (Å²) in [6, 6.07) is 6.58. The van der Waals surface area contributed by atoms with Gasteiger partial charge in [0.25, 0.3) is 5.91 Å². The summed E-state index contributed by atoms with van der Waals surface area (Å²) in [5, 5.41) is 1.89. The maximum atomic E-state index is 12.3. The number of hydrogen-bond donors (Lipinski definition) is 2. The molecule has 0 bridgehead atoms. The molecule has 0 radical (unpaired) electrons. The number of halogens is 3. The average Bonchev–Trinajstić information content (AvgIpc) is 2.52. The Morgan fingerprint density at radius 2 is 1.74 bits per heavy atom. The van der Waals surface area contributed by atoms with E-state index in [0.717, 1.165) is 0 Å². The Hall–Kier alpha value is -2.25. The molecule has 0 spiro atoms. The molecule has 3 N–H and O–H groups in total. The van der Waals surface area contributed by atoms with Gasteiger partial charge in [-0.15, -0.1) is 0 Å². The van der Waals surface area contributed by atoms with Crippen LogP contribution in [0.25, 0.3) is 0 Å². The van der Waals surface area contributed by atoms with Crippen molar-refractivity contribution in [3.8, 4) is 0 Å². The summed E-state index contributed by atoms with van der Waals surface area (Å²) in [5.41, 5.74) is 6.67. The Kier molecular flexibility index (Phi) is 5.12. The third-order valence-electron chi connectivity index (χ3n) is 3.87. The van der Waals surface area contributed by atoms with E-state index in [1.165, 1.54) is 0 Å². The van der Waals surface area contributed by atoms with Gasteiger partial charge in [-0.2, -0.15) is 13.2 Å². The normalized spacial score (nSPS) is 16.2. The molecule has 1 aliphatic rings. The van der Waals surface area contributed by atoms with E-state index in [-0.39, 0.29) is 18.4 Å². The van der Waals surface area contributed by atoms with Crippen LogP contribution in [0.5, 0.6) is 0 Å². The van der Waals surface area contributed by atoms with Gasteiger partial charge in [0.1, 0.15) is 0 Å². The van der Waals surface area contributed by atoms with Crippen LogP contribution < -0.4 is 11.1 Å². The fourth-order valence-electron chi connectivity index (χ4n) is 2.49. The first-order valence-electron chi connectivity index (χ1n) is 7.27. The number of nitrogens with two attached hydrogens (primary N) is 1. The van der Waals surface area contributed by atoms with Crippen molar-refractivity contribution in [1.29, 1.82) is 0 Å². The average molecular weight is 329 g/mol. The predicted octanol–water partition coefficient (Wildman–Crippen LogP) is 1.80. The molecular formula is C15H18F3N3O2. The fraction of sp³-hybridized carbons (Fsp3) is 0.467. The van der Waals surface area contributed by atoms with Crippen LogP contribution in [0.2, 0.25) is 0 Å². The van der Waals surface area contributed by atoms with Gasteiger partial charge in [0.15, 0.2) is 0 Å². The van der Waals surface area contributed by atoms with Gasteiger partial charge < -0.3 is 16.0 Å². The van der Waals surface area contributed by atoms with E-state index < -0.39 is 12.1 Å². The first kappa shape index (κ1) is 17.1. The van der Waals surface area contributed by atoms with E-state index in [0.29, 0.717) is 37.2 Å². The second-order valence-electron chi connectivity index (χ2n) is 5.57. The van der Waals surface area contributed by atoms with E-state index in [1.807, 2.05) is 5.32 Å². The van der Waals surface area contributed by atoms with Crippen LogP contribution >= 0.6 is 0 Å². The van der Waals surface area contributed by atoms with Gasteiger partial charge in [-0.3, -0.25) is 9.59 Å². The van der Waals surface area contributed by atoms with Crippen LogP contribution in [0, 0.1) is 5.92 Å². The van der Waals surface area contributed by atoms with Gasteiger partial charge in [-0.05, 0) is 43.0 Å². The number of carbonyl (C=O) groups excluding carboxylic acids is 2. The zero-order chi connectivity index (χ0) is 17.0. The first-order chi connectivity index (χ1) is 10.8. The van der Waals surface area contributed by atoms with Gasteiger partial charge >= 0.3 is 12.1 Å². The summed E-state index contributed by atoms with van der Waals surface area (Å²) in [5.74, 6) is -2.10. The van der Waals surface area contributed by atoms with Crippen molar-refractivity contribution in [3.63, 3.8) is 0 Å². The Morgan fingerprint density at radius 3 is 2.26 bits per heavy atom. The second kappa shape index (κ2) is 6.89. The fourth-order valence-corrected chi connectivity index (χ4v) is 2.49. The minimum Gasteiger partial charge on any atom is -0.399 e. The van der Waals surface area contributed by atoms with E-state index >= 15 is 0 Å². The van der Waals surface area contributed by atoms with Crippen molar-refractivity contribution >= 4 is 17.5 Å². The predicted molar refractivity (Wildman–Crippen MR) is 78.5 cm³/mol. The van der Waals surface area contributed by atoms with Crippen molar-refractivity contribution in [2.45, 2.75) is 19.0 Å². The van der Waals surface area contributed by atoms with Crippen molar-refractivity contribution < 1.29 is 22.8 Å². The number of amides is 2. The summed E-state index contributed by atoms with van der Waals surface area (Å²) in [4.78, 5) is 24.7. The molecule has 0 unspecified atom stereocenters. The zero-order valence-electron chi connectivity index (χ0n) is 12.4. The van der Waals surface area contributed by atoms with Crippen LogP contribution in [0.3, 0.4) is 0 Å². The van der Waals surface area contributed by atoms with Crippen molar-refractivity contribution in [2.75, 3.05) is 25.4 Å². The summed E-state index contributed by atoms with van der Waals surface area (Å²) in [6.07, 6.45) is -3.75. The van der Waals surface area contributed by atoms with Crippen molar-refractivity contribution in [2.24, 2.45) is 5.92 Å². The lowest BCUT2D eigenvalue weighted by molar-refractivity contribution is -0.173. The Balaban J connectivity index is 1.81. The number of anilines is 1. The summed E-state index contributed by atoms with van der Waals surface area (Å²) < 4.78 is 36.3. The van der Waals surface area contributed by atoms with Crippen LogP contribution in [-0.2, 0) is 4.79 Å². The number of nitrogens with one attached hydrogen (secondary N) is 1. The summed E-state index contributed by atoms with van der Waals surface area (Å²) in [6.45, 7) is 0.883. The van der Waals surface area contributed by atoms with Gasteiger partial charge in [0.05, 0.1) is 0 Å². The van der Waals surface area contributed by atoms with E-state index in [4.69, 9.17) is 5.73 Å². The molecule has 1 saturated heterocycles. The quantitative estimate of drug-likeness (QED) is 0.830. The molecule has 1 fully saturated rings. The maximum absolute atomic E-state index is 12.3. The lowest BCUT2D eigenvalue weighted by Crippen LogP contribution is -2.44. The molecule has 1 aliphatic heterocycles. The minimum atomic E-state index is -4.86. The number of piperidine rings is 1. The van der Waals surface area contributed by atoms with Gasteiger partial charge in [0, 0.05) is 30.9 Å². The lowest BCUT2D eigenvalue weighted by atomic mass is 9.96. The van der Waals surface area contributed by atoms with Gasteiger partial charge in [-0.1, -0.05) is 0 Å². The number of benzene rings is 1. The first-order valence-corrected chi connectivity index (χ1v) is 7.27. The molecule has 0 aliphatic carbocycles. The van der Waals surface area contributed by atoms with Crippen LogP contribution in [-0.4, -0.2) is 42.5 Å². The molecule has 0 saturated carbocycles. The molecule has 2 amide bonds. The van der Waals surface area contributed by atoms with Gasteiger partial charge in [-0.25, -0.2) is 0 Å². The monoisotopic (exact) mass is 329 g/mol. The van der Waals surface area contributed by atoms with Crippen LogP contribution in [0.4, 0.5) is 18.9 Å². The highest BCUT2D eigenvalue weighted by Gasteiger charge is 2.38. The summed E-state index contributed by atoms with van der Waals surface area (Å²) >= 11 is 0. The smallest absolute Gasteiger partial charge is 0.399 e. The molecule has 126 valence electrons. The van der Waals surface area contributed by atoms with Crippen LogP contribution in [0.15, 0.2) is 24.3 Å². The number of carbonyl (C=O) groups is 2. The maximum Gasteiger partial charge on any atom is 0.471 e. The molecule has 23 heavy (non-hydrogen) atoms. The van der Waals surface area contributed by atoms with E-state index in [1.54, 1.807) is 29.2 Å². The topological polar surface area (TPSA) is 75.4 Å². The zero-order valence-corrected chi connectivity index (χ0v) is 12.4. The molecule has 1 aromatic rings. The van der Waals surface area contributed by atoms with Crippen molar-refractivity contribution in [1.82, 2.24) is 10.2 Å². The number of nitrogen functional groups attached to an aromatic ring is 1. The van der Waals surface area contributed by atoms with Crippen LogP contribution in [0.1, 0.15) is 23.2 Å². The third kappa shape index (κ3) is 4.61. The number of rotatable bonds is 3. The molecule has 1 aromatic carbocycles. The highest BCUT2D eigenvalue weighted by molar-refractivity contribution is 5.94. The molecule has 8 heteroatoms. The molecule has 0 atom stereocenters. The second-order valence-corrected chi connectivity index (χ2v) is 5.57. The Labute approximate surface area is 131 Å². The largest absolute Gasteiger partial charge is 0.471 e. The molecule has 1 heterocycles. The van der Waals surface area contributed by atoms with E-state index in [9.17, 15) is 22.8 Å². The lowest BCUT2D eigenvalue weighted by Gasteiger charge is -2.32. The summed E-state index contributed by atoms with van der Waals surface area (Å²) in [7, 11) is 0. The van der Waals surface area contributed by atoms with Crippen molar-refractivity contribution in [3.05, 3.63) is 29.8 Å². The van der Waals surface area contributed by atoms with Gasteiger partial charge in [0.2, 0.25) is 0 Å². The Morgan fingerprint density at radius 1 is 1.17 bits per heavy atom. The molecular weight excluding hydrogens is 311 g/mol. The number of alkyl halides is 3. The standard InChI is InChI=1S/C15H18F3N3O2/c16-15(17,18)14(23)20-9-10-5-7-21(8-6-10)13(22)11-1-3-12(19)4-2-11/h1-4,10H,5-9,19H2,(H,20,23). The number of nitrogens with zero attached hydrogens (tertiary/aromatic N) is 1.